The number of aliphatic hydroxyl groups is 1. The third-order valence-electron chi connectivity index (χ3n) is 2.37. The molecule has 1 fully saturated rings. The van der Waals surface area contributed by atoms with Crippen LogP contribution in [0, 0.1) is 11.8 Å². The maximum atomic E-state index is 9.04. The number of alkyl halides is 1. The summed E-state index contributed by atoms with van der Waals surface area (Å²) in [5, 5.41) is 10.00. The number of rotatable bonds is 3. The maximum absolute atomic E-state index is 9.04. The SMILES string of the molecule is OCC(CBr)C1CCSCC1. The molecule has 66 valence electrons. The zero-order valence-electron chi connectivity index (χ0n) is 6.63. The molecule has 0 saturated carbocycles. The monoisotopic (exact) mass is 238 g/mol. The summed E-state index contributed by atoms with van der Waals surface area (Å²) in [6.07, 6.45) is 2.59. The van der Waals surface area contributed by atoms with Crippen LogP contribution in [0.1, 0.15) is 12.8 Å². The second kappa shape index (κ2) is 5.44. The van der Waals surface area contributed by atoms with Gasteiger partial charge in [0.2, 0.25) is 0 Å². The first-order chi connectivity index (χ1) is 5.38. The summed E-state index contributed by atoms with van der Waals surface area (Å²) in [6.45, 7) is 0.348. The second-order valence-electron chi connectivity index (χ2n) is 3.05. The smallest absolute Gasteiger partial charge is 0.0469 e. The standard InChI is InChI=1S/C8H15BrOS/c9-5-8(6-10)7-1-3-11-4-2-7/h7-8,10H,1-6H2. The van der Waals surface area contributed by atoms with Gasteiger partial charge in [0.1, 0.15) is 0 Å². The van der Waals surface area contributed by atoms with Crippen LogP contribution in [0.3, 0.4) is 0 Å². The van der Waals surface area contributed by atoms with Gasteiger partial charge in [0.15, 0.2) is 0 Å². The van der Waals surface area contributed by atoms with E-state index < -0.39 is 0 Å². The Morgan fingerprint density at radius 3 is 2.55 bits per heavy atom. The lowest BCUT2D eigenvalue weighted by Gasteiger charge is -2.27. The Hall–Kier alpha value is 0.790. The molecule has 1 nitrogen and oxygen atoms in total. The van der Waals surface area contributed by atoms with Crippen LogP contribution in [-0.2, 0) is 0 Å². The van der Waals surface area contributed by atoms with Gasteiger partial charge in [0.25, 0.3) is 0 Å². The fourth-order valence-corrected chi connectivity index (χ4v) is 3.39. The van der Waals surface area contributed by atoms with Gasteiger partial charge in [-0.15, -0.1) is 0 Å². The molecular weight excluding hydrogens is 224 g/mol. The summed E-state index contributed by atoms with van der Waals surface area (Å²) in [5.41, 5.74) is 0. The van der Waals surface area contributed by atoms with Crippen LogP contribution in [0.25, 0.3) is 0 Å². The van der Waals surface area contributed by atoms with Gasteiger partial charge in [0.05, 0.1) is 0 Å². The van der Waals surface area contributed by atoms with E-state index in [9.17, 15) is 0 Å². The van der Waals surface area contributed by atoms with E-state index >= 15 is 0 Å². The molecule has 1 atom stereocenters. The lowest BCUT2D eigenvalue weighted by atomic mass is 9.90. The van der Waals surface area contributed by atoms with Gasteiger partial charge in [-0.3, -0.25) is 0 Å². The molecule has 0 spiro atoms. The second-order valence-corrected chi connectivity index (χ2v) is 4.92. The number of thioether (sulfide) groups is 1. The zero-order chi connectivity index (χ0) is 8.10. The molecule has 1 unspecified atom stereocenters. The van der Waals surface area contributed by atoms with Crippen molar-refractivity contribution in [3.8, 4) is 0 Å². The number of hydrogen-bond donors (Lipinski definition) is 1. The van der Waals surface area contributed by atoms with Gasteiger partial charge in [-0.1, -0.05) is 15.9 Å². The fraction of sp³-hybridized carbons (Fsp3) is 1.00. The molecule has 3 heteroatoms. The highest BCUT2D eigenvalue weighted by Gasteiger charge is 2.21. The Morgan fingerprint density at radius 1 is 1.45 bits per heavy atom. The summed E-state index contributed by atoms with van der Waals surface area (Å²) >= 11 is 5.48. The van der Waals surface area contributed by atoms with Crippen LogP contribution in [0.2, 0.25) is 0 Å². The van der Waals surface area contributed by atoms with Crippen LogP contribution in [0.4, 0.5) is 0 Å². The van der Waals surface area contributed by atoms with Crippen molar-refractivity contribution in [3.05, 3.63) is 0 Å². The van der Waals surface area contributed by atoms with Crippen molar-refractivity contribution >= 4 is 27.7 Å². The van der Waals surface area contributed by atoms with E-state index in [-0.39, 0.29) is 0 Å². The summed E-state index contributed by atoms with van der Waals surface area (Å²) in [4.78, 5) is 0. The molecule has 0 amide bonds. The minimum absolute atomic E-state index is 0.348. The average molecular weight is 239 g/mol. The van der Waals surface area contributed by atoms with Gasteiger partial charge < -0.3 is 5.11 Å². The quantitative estimate of drug-likeness (QED) is 0.761. The van der Waals surface area contributed by atoms with Crippen LogP contribution in [-0.4, -0.2) is 28.5 Å². The number of halogens is 1. The molecule has 1 heterocycles. The van der Waals surface area contributed by atoms with E-state index in [2.05, 4.69) is 15.9 Å². The fourth-order valence-electron chi connectivity index (χ4n) is 1.51. The molecular formula is C8H15BrOS. The van der Waals surface area contributed by atoms with E-state index in [4.69, 9.17) is 5.11 Å². The van der Waals surface area contributed by atoms with Crippen LogP contribution in [0.15, 0.2) is 0 Å². The van der Waals surface area contributed by atoms with Gasteiger partial charge in [-0.2, -0.15) is 11.8 Å². The van der Waals surface area contributed by atoms with Crippen LogP contribution in [0.5, 0.6) is 0 Å². The van der Waals surface area contributed by atoms with E-state index in [0.717, 1.165) is 11.2 Å². The molecule has 1 N–H and O–H groups in total. The highest BCUT2D eigenvalue weighted by Crippen LogP contribution is 2.29. The van der Waals surface area contributed by atoms with Crippen molar-refractivity contribution in [2.75, 3.05) is 23.4 Å². The Labute approximate surface area is 81.1 Å². The molecule has 0 radical (unpaired) electrons. The van der Waals surface area contributed by atoms with E-state index in [1.54, 1.807) is 0 Å². The summed E-state index contributed by atoms with van der Waals surface area (Å²) in [6, 6.07) is 0. The predicted octanol–water partition coefficient (Wildman–Crippen LogP) is 2.13. The molecule has 0 aliphatic carbocycles. The number of aliphatic hydroxyl groups excluding tert-OH is 1. The van der Waals surface area contributed by atoms with Gasteiger partial charge >= 0.3 is 0 Å². The maximum Gasteiger partial charge on any atom is 0.0469 e. The summed E-state index contributed by atoms with van der Waals surface area (Å²) in [5.74, 6) is 3.83. The van der Waals surface area contributed by atoms with Crippen molar-refractivity contribution in [2.24, 2.45) is 11.8 Å². The largest absolute Gasteiger partial charge is 0.396 e. The first-order valence-corrected chi connectivity index (χ1v) is 6.40. The summed E-state index contributed by atoms with van der Waals surface area (Å²) in [7, 11) is 0. The van der Waals surface area contributed by atoms with Gasteiger partial charge in [-0.05, 0) is 36.2 Å². The van der Waals surface area contributed by atoms with Crippen molar-refractivity contribution in [2.45, 2.75) is 12.8 Å². The van der Waals surface area contributed by atoms with Crippen molar-refractivity contribution in [1.82, 2.24) is 0 Å². The normalized spacial score (nSPS) is 23.5. The Bertz CT molecular complexity index is 100. The first kappa shape index (κ1) is 9.87. The third-order valence-corrected chi connectivity index (χ3v) is 4.25. The van der Waals surface area contributed by atoms with E-state index in [1.165, 1.54) is 24.3 Å². The minimum atomic E-state index is 0.348. The predicted molar refractivity (Wildman–Crippen MR) is 54.4 cm³/mol. The molecule has 1 aliphatic rings. The van der Waals surface area contributed by atoms with Crippen molar-refractivity contribution in [3.63, 3.8) is 0 Å². The van der Waals surface area contributed by atoms with Gasteiger partial charge in [0, 0.05) is 11.9 Å². The van der Waals surface area contributed by atoms with Gasteiger partial charge in [-0.25, -0.2) is 0 Å². The zero-order valence-corrected chi connectivity index (χ0v) is 9.03. The molecule has 0 aromatic rings. The molecule has 1 rings (SSSR count). The van der Waals surface area contributed by atoms with E-state index in [1.807, 2.05) is 11.8 Å². The van der Waals surface area contributed by atoms with Crippen molar-refractivity contribution < 1.29 is 5.11 Å². The molecule has 1 aliphatic heterocycles. The first-order valence-electron chi connectivity index (χ1n) is 4.13. The Morgan fingerprint density at radius 2 is 2.09 bits per heavy atom. The Kier molecular flexibility index (Phi) is 4.88. The van der Waals surface area contributed by atoms with Crippen LogP contribution >= 0.6 is 27.7 Å². The molecule has 0 bridgehead atoms. The molecule has 11 heavy (non-hydrogen) atoms. The topological polar surface area (TPSA) is 20.2 Å². The van der Waals surface area contributed by atoms with Crippen molar-refractivity contribution in [1.29, 1.82) is 0 Å². The Balaban J connectivity index is 2.30. The molecule has 0 aromatic carbocycles. The van der Waals surface area contributed by atoms with E-state index in [0.29, 0.717) is 12.5 Å². The minimum Gasteiger partial charge on any atom is -0.396 e. The highest BCUT2D eigenvalue weighted by molar-refractivity contribution is 9.09. The third kappa shape index (κ3) is 2.96. The molecule has 0 aromatic heterocycles. The lowest BCUT2D eigenvalue weighted by Crippen LogP contribution is -2.23. The lowest BCUT2D eigenvalue weighted by molar-refractivity contribution is 0.186. The molecule has 1 saturated heterocycles. The average Bonchev–Trinajstić information content (AvgIpc) is 2.09. The highest BCUT2D eigenvalue weighted by atomic mass is 79.9. The number of hydrogen-bond acceptors (Lipinski definition) is 2. The van der Waals surface area contributed by atoms with Crippen LogP contribution < -0.4 is 0 Å². The summed E-state index contributed by atoms with van der Waals surface area (Å²) < 4.78 is 0.